The van der Waals surface area contributed by atoms with Crippen LogP contribution in [0.1, 0.15) is 48.7 Å². The zero-order valence-electron chi connectivity index (χ0n) is 30.7. The zero-order valence-corrected chi connectivity index (χ0v) is 30.7. The number of aromatic nitrogens is 3. The molecule has 6 rings (SSSR count). The molecule has 4 aromatic carbocycles. The standard InChI is InChI=1S/C19H13F6N3O.C14H9F6N.C7H7NO2/c1-28-10-26-9-16(28)17(29)27-13-5-2-11(3-6-13)14-8-12(18(20,21)22)4-7-15(14)19(23,24)25;15-13(16,17)9-3-6-12(14(18,19)20)11(7-9)8-1-4-10(21)5-2-8;1-5-4-8-3-2-6(5)7(9)10/h2-10H,1H3,(H,27,29);1-7H,21H2;2-4H,1H3,(H,9,10). The number of nitrogens with two attached hydrogens (primary N) is 1. The third-order valence-electron chi connectivity index (χ3n) is 8.28. The fourth-order valence-corrected chi connectivity index (χ4v) is 5.29. The highest BCUT2D eigenvalue weighted by Crippen LogP contribution is 2.42. The van der Waals surface area contributed by atoms with Crippen LogP contribution in [0.15, 0.2) is 116 Å². The number of halogens is 12. The highest BCUT2D eigenvalue weighted by Gasteiger charge is 2.38. The van der Waals surface area contributed by atoms with E-state index in [-0.39, 0.29) is 22.5 Å². The van der Waals surface area contributed by atoms with Crippen LogP contribution in [0.5, 0.6) is 0 Å². The van der Waals surface area contributed by atoms with Crippen molar-refractivity contribution in [2.45, 2.75) is 31.6 Å². The molecule has 20 heteroatoms. The van der Waals surface area contributed by atoms with E-state index in [1.165, 1.54) is 84.1 Å². The van der Waals surface area contributed by atoms with Crippen LogP contribution in [0.4, 0.5) is 64.1 Å². The molecule has 0 bridgehead atoms. The van der Waals surface area contributed by atoms with Crippen molar-refractivity contribution in [3.05, 3.63) is 155 Å². The maximum atomic E-state index is 13.3. The molecule has 6 aromatic rings. The fraction of sp³-hybridized carbons (Fsp3) is 0.150. The van der Waals surface area contributed by atoms with E-state index in [0.717, 1.165) is 0 Å². The lowest BCUT2D eigenvalue weighted by atomic mass is 9.96. The molecule has 0 saturated carbocycles. The van der Waals surface area contributed by atoms with Gasteiger partial charge in [0.05, 0.1) is 40.3 Å². The van der Waals surface area contributed by atoms with E-state index in [4.69, 9.17) is 10.8 Å². The summed E-state index contributed by atoms with van der Waals surface area (Å²) in [6, 6.07) is 14.3. The Morgan fingerprint density at radius 3 is 1.47 bits per heavy atom. The number of nitrogens with zero attached hydrogens (tertiary/aromatic N) is 3. The molecule has 60 heavy (non-hydrogen) atoms. The number of aromatic carboxylic acids is 1. The molecule has 0 unspecified atom stereocenters. The van der Waals surface area contributed by atoms with Gasteiger partial charge in [-0.2, -0.15) is 52.7 Å². The highest BCUT2D eigenvalue weighted by molar-refractivity contribution is 6.03. The second-order valence-corrected chi connectivity index (χ2v) is 12.6. The predicted octanol–water partition coefficient (Wildman–Crippen LogP) is 11.4. The minimum Gasteiger partial charge on any atom is -0.478 e. The number of alkyl halides is 12. The van der Waals surface area contributed by atoms with E-state index >= 15 is 0 Å². The topological polar surface area (TPSA) is 123 Å². The minimum absolute atomic E-state index is 0.0163. The Hall–Kier alpha value is -6.86. The van der Waals surface area contributed by atoms with Crippen LogP contribution < -0.4 is 11.1 Å². The van der Waals surface area contributed by atoms with Crippen LogP contribution in [0, 0.1) is 6.92 Å². The Morgan fingerprint density at radius 2 is 1.10 bits per heavy atom. The summed E-state index contributed by atoms with van der Waals surface area (Å²) in [6.07, 6.45) is -13.3. The molecule has 0 fully saturated rings. The van der Waals surface area contributed by atoms with Gasteiger partial charge in [-0.05, 0) is 101 Å². The normalized spacial score (nSPS) is 11.8. The lowest BCUT2D eigenvalue weighted by Gasteiger charge is -2.16. The van der Waals surface area contributed by atoms with Gasteiger partial charge in [0.2, 0.25) is 0 Å². The molecule has 2 aromatic heterocycles. The van der Waals surface area contributed by atoms with Gasteiger partial charge in [0.1, 0.15) is 5.69 Å². The second-order valence-electron chi connectivity index (χ2n) is 12.6. The van der Waals surface area contributed by atoms with Gasteiger partial charge < -0.3 is 20.7 Å². The van der Waals surface area contributed by atoms with Gasteiger partial charge in [-0.15, -0.1) is 0 Å². The number of aryl methyl sites for hydroxylation is 2. The van der Waals surface area contributed by atoms with Crippen molar-refractivity contribution < 1.29 is 67.4 Å². The Kier molecular flexibility index (Phi) is 13.7. The first-order valence-corrected chi connectivity index (χ1v) is 16.7. The molecule has 4 N–H and O–H groups in total. The molecular formula is C40H29F12N5O3. The number of pyridine rings is 1. The van der Waals surface area contributed by atoms with E-state index < -0.39 is 70.0 Å². The van der Waals surface area contributed by atoms with Crippen molar-refractivity contribution in [3.63, 3.8) is 0 Å². The summed E-state index contributed by atoms with van der Waals surface area (Å²) in [5, 5.41) is 11.1. The number of rotatable bonds is 5. The largest absolute Gasteiger partial charge is 0.478 e. The van der Waals surface area contributed by atoms with Crippen molar-refractivity contribution in [1.82, 2.24) is 14.5 Å². The van der Waals surface area contributed by atoms with Gasteiger partial charge in [-0.1, -0.05) is 24.3 Å². The number of imidazole rings is 1. The first-order valence-electron chi connectivity index (χ1n) is 16.7. The van der Waals surface area contributed by atoms with Gasteiger partial charge in [-0.25, -0.2) is 9.78 Å². The lowest BCUT2D eigenvalue weighted by Crippen LogP contribution is -2.15. The average Bonchev–Trinajstić information content (AvgIpc) is 3.60. The monoisotopic (exact) mass is 855 g/mol. The van der Waals surface area contributed by atoms with Gasteiger partial charge in [0.25, 0.3) is 5.91 Å². The Bertz CT molecular complexity index is 2440. The van der Waals surface area contributed by atoms with Gasteiger partial charge in [-0.3, -0.25) is 9.78 Å². The number of carboxylic acids is 1. The number of carboxylic acid groups (broad SMARTS) is 1. The fourth-order valence-electron chi connectivity index (χ4n) is 5.29. The van der Waals surface area contributed by atoms with Crippen molar-refractivity contribution in [2.24, 2.45) is 7.05 Å². The first-order chi connectivity index (χ1) is 27.8. The molecule has 0 aliphatic carbocycles. The summed E-state index contributed by atoms with van der Waals surface area (Å²) >= 11 is 0. The molecule has 0 atom stereocenters. The first kappa shape index (κ1) is 45.8. The van der Waals surface area contributed by atoms with Gasteiger partial charge in [0, 0.05) is 30.8 Å². The number of hydrogen-bond donors (Lipinski definition) is 3. The molecule has 316 valence electrons. The molecule has 1 amide bonds. The number of carbonyl (C=O) groups excluding carboxylic acids is 1. The number of amides is 1. The number of nitrogen functional groups attached to an aromatic ring is 1. The van der Waals surface area contributed by atoms with E-state index in [2.05, 4.69) is 15.3 Å². The van der Waals surface area contributed by atoms with Crippen LogP contribution in [0.25, 0.3) is 22.3 Å². The van der Waals surface area contributed by atoms with E-state index in [1.54, 1.807) is 14.0 Å². The van der Waals surface area contributed by atoms with Crippen molar-refractivity contribution >= 4 is 23.3 Å². The number of nitrogens with one attached hydrogen (secondary N) is 1. The Labute approximate surface area is 331 Å². The summed E-state index contributed by atoms with van der Waals surface area (Å²) in [5.74, 6) is -1.40. The number of anilines is 2. The molecular weight excluding hydrogens is 826 g/mol. The van der Waals surface area contributed by atoms with Crippen LogP contribution in [-0.4, -0.2) is 31.5 Å². The Morgan fingerprint density at radius 1 is 0.633 bits per heavy atom. The van der Waals surface area contributed by atoms with Crippen LogP contribution in [0.3, 0.4) is 0 Å². The third-order valence-corrected chi connectivity index (χ3v) is 8.28. The molecule has 8 nitrogen and oxygen atoms in total. The predicted molar refractivity (Wildman–Crippen MR) is 195 cm³/mol. The van der Waals surface area contributed by atoms with Gasteiger partial charge in [0.15, 0.2) is 0 Å². The second kappa shape index (κ2) is 18.0. The van der Waals surface area contributed by atoms with E-state index in [1.807, 2.05) is 0 Å². The number of carbonyl (C=O) groups is 2. The summed E-state index contributed by atoms with van der Waals surface area (Å²) in [4.78, 5) is 30.1. The zero-order chi connectivity index (χ0) is 44.8. The van der Waals surface area contributed by atoms with E-state index in [9.17, 15) is 62.3 Å². The van der Waals surface area contributed by atoms with Crippen molar-refractivity contribution in [2.75, 3.05) is 11.1 Å². The van der Waals surface area contributed by atoms with Gasteiger partial charge >= 0.3 is 30.7 Å². The highest BCUT2D eigenvalue weighted by atomic mass is 19.4. The molecule has 0 aliphatic rings. The smallest absolute Gasteiger partial charge is 0.417 e. The molecule has 0 saturated heterocycles. The number of benzene rings is 4. The van der Waals surface area contributed by atoms with Crippen LogP contribution >= 0.6 is 0 Å². The van der Waals surface area contributed by atoms with Crippen LogP contribution in [0.2, 0.25) is 0 Å². The summed E-state index contributed by atoms with van der Waals surface area (Å²) < 4.78 is 157. The third kappa shape index (κ3) is 11.9. The number of hydrogen-bond acceptors (Lipinski definition) is 5. The van der Waals surface area contributed by atoms with Crippen LogP contribution in [-0.2, 0) is 31.8 Å². The maximum absolute atomic E-state index is 13.3. The van der Waals surface area contributed by atoms with E-state index in [0.29, 0.717) is 53.2 Å². The SMILES string of the molecule is Cc1cnccc1C(=O)O.Cn1cncc1C(=O)Nc1ccc(-c2cc(C(F)(F)F)ccc2C(F)(F)F)cc1.Nc1ccc(-c2cc(C(F)(F)F)ccc2C(F)(F)F)cc1. The molecule has 2 heterocycles. The molecule has 0 spiro atoms. The molecule has 0 radical (unpaired) electrons. The summed E-state index contributed by atoms with van der Waals surface area (Å²) in [7, 11) is 1.61. The van der Waals surface area contributed by atoms with Crippen molar-refractivity contribution in [3.8, 4) is 22.3 Å². The lowest BCUT2D eigenvalue weighted by molar-refractivity contribution is -0.141. The quantitative estimate of drug-likeness (QED) is 0.117. The maximum Gasteiger partial charge on any atom is 0.417 e. The summed E-state index contributed by atoms with van der Waals surface area (Å²) in [6.45, 7) is 1.72. The molecule has 0 aliphatic heterocycles. The van der Waals surface area contributed by atoms with Crippen molar-refractivity contribution in [1.29, 1.82) is 0 Å². The summed E-state index contributed by atoms with van der Waals surface area (Å²) in [5.41, 5.74) is 1.44. The Balaban J connectivity index is 0.000000222. The average molecular weight is 856 g/mol. The minimum atomic E-state index is -4.83.